The van der Waals surface area contributed by atoms with Crippen molar-refractivity contribution in [2.75, 3.05) is 0 Å². The first kappa shape index (κ1) is 13.7. The van der Waals surface area contributed by atoms with Crippen LogP contribution in [0.4, 0.5) is 0 Å². The fraction of sp³-hybridized carbons (Fsp3) is 0.357. The van der Waals surface area contributed by atoms with E-state index < -0.39 is 0 Å². The van der Waals surface area contributed by atoms with Crippen LogP contribution >= 0.6 is 27.3 Å². The molecule has 1 aromatic heterocycles. The summed E-state index contributed by atoms with van der Waals surface area (Å²) >= 11 is 5.31. The van der Waals surface area contributed by atoms with Crippen molar-refractivity contribution in [3.8, 4) is 0 Å². The van der Waals surface area contributed by atoms with E-state index in [4.69, 9.17) is 0 Å². The lowest BCUT2D eigenvalue weighted by Crippen LogP contribution is -2.22. The molecule has 1 N–H and O–H groups in total. The van der Waals surface area contributed by atoms with Gasteiger partial charge in [-0.1, -0.05) is 34.1 Å². The normalized spacial score (nSPS) is 14.4. The van der Waals surface area contributed by atoms with Gasteiger partial charge < -0.3 is 5.32 Å². The van der Waals surface area contributed by atoms with Gasteiger partial charge in [-0.15, -0.1) is 11.3 Å². The maximum absolute atomic E-state index is 4.30. The molecule has 4 heteroatoms. The summed E-state index contributed by atoms with van der Waals surface area (Å²) in [4.78, 5) is 5.62. The van der Waals surface area contributed by atoms with E-state index in [1.165, 1.54) is 10.4 Å². The van der Waals surface area contributed by atoms with Crippen molar-refractivity contribution in [1.29, 1.82) is 0 Å². The standard InChI is InChI=1S/C14H17BrN2S/c1-9(12-6-4-5-7-13(12)15)17-11(3)14-10(2)16-8-18-14/h4-9,11,17H,1-3H3. The van der Waals surface area contributed by atoms with Crippen molar-refractivity contribution in [2.24, 2.45) is 0 Å². The average molecular weight is 325 g/mol. The molecule has 0 bridgehead atoms. The molecular weight excluding hydrogens is 308 g/mol. The van der Waals surface area contributed by atoms with Crippen molar-refractivity contribution < 1.29 is 0 Å². The third kappa shape index (κ3) is 2.99. The van der Waals surface area contributed by atoms with Crippen LogP contribution in [0.2, 0.25) is 0 Å². The molecule has 1 heterocycles. The van der Waals surface area contributed by atoms with Gasteiger partial charge in [0.2, 0.25) is 0 Å². The monoisotopic (exact) mass is 324 g/mol. The zero-order valence-corrected chi connectivity index (χ0v) is 13.2. The summed E-state index contributed by atoms with van der Waals surface area (Å²) in [6.07, 6.45) is 0. The van der Waals surface area contributed by atoms with E-state index >= 15 is 0 Å². The minimum atomic E-state index is 0.303. The van der Waals surface area contributed by atoms with Crippen molar-refractivity contribution in [2.45, 2.75) is 32.9 Å². The molecule has 0 radical (unpaired) electrons. The molecule has 2 aromatic rings. The second-order valence-electron chi connectivity index (χ2n) is 4.43. The van der Waals surface area contributed by atoms with Gasteiger partial charge in [0.1, 0.15) is 0 Å². The number of nitrogens with zero attached hydrogens (tertiary/aromatic N) is 1. The van der Waals surface area contributed by atoms with Gasteiger partial charge >= 0.3 is 0 Å². The van der Waals surface area contributed by atoms with Crippen LogP contribution in [0.3, 0.4) is 0 Å². The quantitative estimate of drug-likeness (QED) is 0.887. The molecule has 2 atom stereocenters. The van der Waals surface area contributed by atoms with E-state index in [0.717, 1.165) is 10.2 Å². The van der Waals surface area contributed by atoms with Gasteiger partial charge in [0.05, 0.1) is 11.2 Å². The molecule has 2 unspecified atom stereocenters. The summed E-state index contributed by atoms with van der Waals surface area (Å²) in [7, 11) is 0. The lowest BCUT2D eigenvalue weighted by molar-refractivity contribution is 0.497. The van der Waals surface area contributed by atoms with Crippen molar-refractivity contribution in [3.05, 3.63) is 50.4 Å². The van der Waals surface area contributed by atoms with E-state index in [9.17, 15) is 0 Å². The second-order valence-corrected chi connectivity index (χ2v) is 6.17. The van der Waals surface area contributed by atoms with Crippen LogP contribution in [-0.4, -0.2) is 4.98 Å². The molecular formula is C14H17BrN2S. The van der Waals surface area contributed by atoms with Crippen LogP contribution < -0.4 is 5.32 Å². The molecule has 0 aliphatic heterocycles. The number of aromatic nitrogens is 1. The van der Waals surface area contributed by atoms with Gasteiger partial charge in [-0.2, -0.15) is 0 Å². The Morgan fingerprint density at radius 2 is 1.94 bits per heavy atom. The minimum Gasteiger partial charge on any atom is -0.303 e. The van der Waals surface area contributed by atoms with E-state index in [2.05, 4.69) is 65.2 Å². The van der Waals surface area contributed by atoms with Crippen molar-refractivity contribution in [1.82, 2.24) is 10.3 Å². The van der Waals surface area contributed by atoms with Crippen molar-refractivity contribution in [3.63, 3.8) is 0 Å². The maximum atomic E-state index is 4.30. The van der Waals surface area contributed by atoms with Crippen LogP contribution in [-0.2, 0) is 0 Å². The Kier molecular flexibility index (Phi) is 4.54. The number of rotatable bonds is 4. The molecule has 2 nitrogen and oxygen atoms in total. The number of hydrogen-bond acceptors (Lipinski definition) is 3. The molecule has 0 spiro atoms. The van der Waals surface area contributed by atoms with Gasteiger partial charge in [0.25, 0.3) is 0 Å². The van der Waals surface area contributed by atoms with E-state index in [1.54, 1.807) is 11.3 Å². The Hall–Kier alpha value is -0.710. The Morgan fingerprint density at radius 1 is 1.22 bits per heavy atom. The molecule has 1 aromatic carbocycles. The molecule has 0 aliphatic carbocycles. The highest BCUT2D eigenvalue weighted by Gasteiger charge is 2.15. The Bertz CT molecular complexity index is 524. The molecule has 0 saturated heterocycles. The summed E-state index contributed by atoms with van der Waals surface area (Å²) in [6.45, 7) is 6.44. The summed E-state index contributed by atoms with van der Waals surface area (Å²) in [5.74, 6) is 0. The number of hydrogen-bond donors (Lipinski definition) is 1. The summed E-state index contributed by atoms with van der Waals surface area (Å²) < 4.78 is 1.15. The SMILES string of the molecule is Cc1ncsc1C(C)NC(C)c1ccccc1Br. The first-order chi connectivity index (χ1) is 8.59. The minimum absolute atomic E-state index is 0.303. The summed E-state index contributed by atoms with van der Waals surface area (Å²) in [6, 6.07) is 8.96. The smallest absolute Gasteiger partial charge is 0.0798 e. The molecule has 2 rings (SSSR count). The van der Waals surface area contributed by atoms with Gasteiger partial charge in [0.15, 0.2) is 0 Å². The summed E-state index contributed by atoms with van der Waals surface area (Å²) in [5, 5.41) is 3.62. The van der Waals surface area contributed by atoms with E-state index in [-0.39, 0.29) is 0 Å². The molecule has 0 amide bonds. The lowest BCUT2D eigenvalue weighted by atomic mass is 10.1. The topological polar surface area (TPSA) is 24.9 Å². The first-order valence-corrected chi connectivity index (χ1v) is 7.67. The number of nitrogens with one attached hydrogen (secondary N) is 1. The fourth-order valence-corrected chi connectivity index (χ4v) is 3.54. The van der Waals surface area contributed by atoms with Crippen LogP contribution in [0.1, 0.15) is 42.1 Å². The van der Waals surface area contributed by atoms with E-state index in [0.29, 0.717) is 12.1 Å². The Morgan fingerprint density at radius 3 is 2.56 bits per heavy atom. The molecule has 0 saturated carbocycles. The predicted molar refractivity (Wildman–Crippen MR) is 81.0 cm³/mol. The lowest BCUT2D eigenvalue weighted by Gasteiger charge is -2.20. The Labute approximate surface area is 121 Å². The number of halogens is 1. The molecule has 0 fully saturated rings. The number of thiazole rings is 1. The highest BCUT2D eigenvalue weighted by Crippen LogP contribution is 2.27. The highest BCUT2D eigenvalue weighted by molar-refractivity contribution is 9.10. The van der Waals surface area contributed by atoms with Crippen LogP contribution in [0, 0.1) is 6.92 Å². The van der Waals surface area contributed by atoms with Crippen LogP contribution in [0.5, 0.6) is 0 Å². The van der Waals surface area contributed by atoms with Crippen molar-refractivity contribution >= 4 is 27.3 Å². The largest absolute Gasteiger partial charge is 0.303 e. The first-order valence-electron chi connectivity index (χ1n) is 6.00. The molecule has 0 aliphatic rings. The third-order valence-corrected chi connectivity index (χ3v) is 4.88. The number of aryl methyl sites for hydroxylation is 1. The van der Waals surface area contributed by atoms with Gasteiger partial charge in [-0.05, 0) is 32.4 Å². The van der Waals surface area contributed by atoms with Gasteiger partial charge in [-0.25, -0.2) is 4.98 Å². The number of benzene rings is 1. The van der Waals surface area contributed by atoms with Gasteiger partial charge in [-0.3, -0.25) is 0 Å². The van der Waals surface area contributed by atoms with Crippen LogP contribution in [0.25, 0.3) is 0 Å². The maximum Gasteiger partial charge on any atom is 0.0798 e. The molecule has 18 heavy (non-hydrogen) atoms. The second kappa shape index (κ2) is 5.95. The van der Waals surface area contributed by atoms with Crippen LogP contribution in [0.15, 0.2) is 34.2 Å². The highest BCUT2D eigenvalue weighted by atomic mass is 79.9. The molecule has 96 valence electrons. The Balaban J connectivity index is 2.11. The van der Waals surface area contributed by atoms with Gasteiger partial charge in [0, 0.05) is 21.4 Å². The third-order valence-electron chi connectivity index (χ3n) is 3.05. The average Bonchev–Trinajstić information content (AvgIpc) is 2.76. The van der Waals surface area contributed by atoms with E-state index in [1.807, 2.05) is 11.6 Å². The zero-order chi connectivity index (χ0) is 13.1. The summed E-state index contributed by atoms with van der Waals surface area (Å²) in [5.41, 5.74) is 4.32. The fourth-order valence-electron chi connectivity index (χ4n) is 2.09. The zero-order valence-electron chi connectivity index (χ0n) is 10.8. The predicted octanol–water partition coefficient (Wildman–Crippen LogP) is 4.63.